The second-order valence-electron chi connectivity index (χ2n) is 22.5. The molecule has 1 N–H and O–H groups in total. The molecule has 0 radical (unpaired) electrons. The Bertz CT molecular complexity index is 3850. The van der Waals surface area contributed by atoms with Crippen LogP contribution in [0.4, 0.5) is 45.5 Å². The lowest BCUT2D eigenvalue weighted by atomic mass is 9.86. The zero-order valence-corrected chi connectivity index (χ0v) is 48.7. The molecule has 0 fully saturated rings. The number of hydrogen-bond donors (Lipinski definition) is 1. The molecule has 0 saturated heterocycles. The van der Waals surface area contributed by atoms with E-state index < -0.39 is 19.6 Å². The van der Waals surface area contributed by atoms with Crippen LogP contribution < -0.4 is 14.5 Å². The van der Waals surface area contributed by atoms with Crippen LogP contribution in [0.3, 0.4) is 0 Å². The second kappa shape index (κ2) is 22.0. The van der Waals surface area contributed by atoms with E-state index in [0.717, 1.165) is 78.8 Å². The highest BCUT2D eigenvalue weighted by atomic mass is 127. The van der Waals surface area contributed by atoms with Crippen LogP contribution in [-0.4, -0.2) is 26.6 Å². The Kier molecular flexibility index (Phi) is 14.8. The first-order chi connectivity index (χ1) is 38.1. The fraction of sp³-hybridized carbons (Fsp3) is 0.176. The van der Waals surface area contributed by atoms with Gasteiger partial charge in [0.25, 0.3) is 0 Å². The molecule has 0 amide bonds. The molecular weight excluding hydrogens is 1110 g/mol. The summed E-state index contributed by atoms with van der Waals surface area (Å²) in [6.07, 6.45) is 0. The van der Waals surface area contributed by atoms with Gasteiger partial charge < -0.3 is 14.5 Å². The molecule has 9 aromatic carbocycles. The number of carbonyl (C=O) groups excluding carboxylic acids is 2. The molecule has 0 unspecified atom stereocenters. The first-order valence-electron chi connectivity index (χ1n) is 26.7. The van der Waals surface area contributed by atoms with Crippen molar-refractivity contribution in [2.45, 2.75) is 72.8 Å². The summed E-state index contributed by atoms with van der Waals surface area (Å²) >= 11 is -0.615. The molecule has 0 bridgehead atoms. The quantitative estimate of drug-likeness (QED) is 0.0654. The van der Waals surface area contributed by atoms with Crippen molar-refractivity contribution in [3.05, 3.63) is 240 Å². The number of anilines is 7. The summed E-state index contributed by atoms with van der Waals surface area (Å²) < 4.78 is 9.06. The lowest BCUT2D eigenvalue weighted by Gasteiger charge is -2.26. The summed E-state index contributed by atoms with van der Waals surface area (Å²) in [4.78, 5) is 33.7. The van der Waals surface area contributed by atoms with E-state index in [9.17, 15) is 9.59 Å². The second-order valence-corrected chi connectivity index (χ2v) is 26.0. The van der Waals surface area contributed by atoms with Crippen LogP contribution in [0, 0.1) is 5.92 Å². The normalized spacial score (nSPS) is 12.4. The molecule has 11 heteroatoms. The first kappa shape index (κ1) is 53.0. The van der Waals surface area contributed by atoms with Gasteiger partial charge >= 0.3 is 0 Å². The highest BCUT2D eigenvalue weighted by molar-refractivity contribution is 14.2. The number of aromatic nitrogens is 3. The Hall–Kier alpha value is -8.00. The minimum absolute atomic E-state index is 0.00455. The van der Waals surface area contributed by atoms with Gasteiger partial charge in [-0.25, -0.2) is 3.15 Å². The van der Waals surface area contributed by atoms with Crippen molar-refractivity contribution in [3.8, 4) is 22.3 Å². The molecule has 11 rings (SSSR count). The van der Waals surface area contributed by atoms with E-state index in [-0.39, 0.29) is 22.4 Å². The number of nitrogens with one attached hydrogen (secondary N) is 1. The van der Waals surface area contributed by atoms with Gasteiger partial charge in [0, 0.05) is 76.6 Å². The number of para-hydroxylation sites is 2. The lowest BCUT2D eigenvalue weighted by molar-refractivity contribution is 0.103. The standard InChI is InChI=1S/C68H62IN7O2S/c1-44(2)43-74-71-62-59(45-23-35-55(36-24-45)75(53-15-11-9-12-16-53)57-39-27-49(28-40-57)65(77)47-19-31-51(32-20-47)67(3,4)5)61-64(73-79-69-70-61)60(63(62)72-74)46-25-37-56(38-26-46)76(54-17-13-10-14-18-54)58-41-29-50(30-42-58)66(78)48-21-33-52(34-22-48)68(6,7)8/h9-42,44,73H,43H2,1-8H3. The topological polar surface area (TPSA) is 95.7 Å². The Morgan fingerprint density at radius 2 is 0.823 bits per heavy atom. The van der Waals surface area contributed by atoms with Crippen molar-refractivity contribution in [2.75, 3.05) is 14.5 Å². The van der Waals surface area contributed by atoms with Gasteiger partial charge in [-0.15, -0.1) is 0 Å². The van der Waals surface area contributed by atoms with Crippen LogP contribution in [0.5, 0.6) is 0 Å². The maximum absolute atomic E-state index is 13.7. The molecule has 79 heavy (non-hydrogen) atoms. The van der Waals surface area contributed by atoms with Crippen molar-refractivity contribution in [1.29, 1.82) is 0 Å². The highest BCUT2D eigenvalue weighted by Crippen LogP contribution is 2.54. The average Bonchev–Trinajstić information content (AvgIpc) is 3.93. The van der Waals surface area contributed by atoms with Crippen molar-refractivity contribution < 1.29 is 9.59 Å². The number of nitrogens with zero attached hydrogens (tertiary/aromatic N) is 6. The van der Waals surface area contributed by atoms with E-state index in [1.165, 1.54) is 11.1 Å². The first-order valence-corrected chi connectivity index (χ1v) is 31.1. The summed E-state index contributed by atoms with van der Waals surface area (Å²) in [5.74, 6) is 0.305. The zero-order valence-electron chi connectivity index (χ0n) is 45.7. The Balaban J connectivity index is 0.937. The molecule has 0 spiro atoms. The van der Waals surface area contributed by atoms with Crippen molar-refractivity contribution >= 4 is 96.9 Å². The van der Waals surface area contributed by atoms with E-state index in [4.69, 9.17) is 13.3 Å². The van der Waals surface area contributed by atoms with E-state index in [1.54, 1.807) is 9.12 Å². The van der Waals surface area contributed by atoms with Crippen LogP contribution in [0.15, 0.2) is 209 Å². The van der Waals surface area contributed by atoms with Gasteiger partial charge in [-0.3, -0.25) is 9.59 Å². The van der Waals surface area contributed by atoms with Gasteiger partial charge in [-0.05, 0) is 136 Å². The van der Waals surface area contributed by atoms with Crippen LogP contribution in [0.2, 0.25) is 0 Å². The van der Waals surface area contributed by atoms with Gasteiger partial charge in [-0.2, -0.15) is 15.0 Å². The maximum atomic E-state index is 13.7. The van der Waals surface area contributed by atoms with Gasteiger partial charge in [0.15, 0.2) is 11.6 Å². The fourth-order valence-electron chi connectivity index (χ4n) is 10.1. The summed E-state index contributed by atoms with van der Waals surface area (Å²) in [5.41, 5.74) is 18.1. The van der Waals surface area contributed by atoms with Crippen LogP contribution in [0.1, 0.15) is 98.4 Å². The van der Waals surface area contributed by atoms with E-state index in [0.29, 0.717) is 34.7 Å². The Morgan fingerprint density at radius 3 is 1.20 bits per heavy atom. The number of hydrogen-bond acceptors (Lipinski definition) is 9. The minimum Gasteiger partial charge on any atom is -0.318 e. The number of halogens is 1. The summed E-state index contributed by atoms with van der Waals surface area (Å²) in [5, 5.41) is 10.5. The summed E-state index contributed by atoms with van der Waals surface area (Å²) in [6.45, 7) is 18.1. The largest absolute Gasteiger partial charge is 0.318 e. The zero-order chi connectivity index (χ0) is 55.0. The van der Waals surface area contributed by atoms with Crippen LogP contribution in [0.25, 0.3) is 33.3 Å². The molecule has 394 valence electrons. The molecule has 1 aromatic heterocycles. The number of carbonyl (C=O) groups is 2. The Morgan fingerprint density at radius 1 is 0.481 bits per heavy atom. The molecule has 0 saturated carbocycles. The lowest BCUT2D eigenvalue weighted by Crippen LogP contribution is -2.12. The third kappa shape index (κ3) is 11.1. The number of benzene rings is 9. The monoisotopic (exact) mass is 1170 g/mol. The van der Waals surface area contributed by atoms with Gasteiger partial charge in [-0.1, -0.05) is 165 Å². The molecular formula is C68H62IN7O2S. The molecule has 2 heterocycles. The number of ketones is 2. The van der Waals surface area contributed by atoms with Crippen LogP contribution in [-0.2, 0) is 17.4 Å². The minimum atomic E-state index is -0.615. The smallest absolute Gasteiger partial charge is 0.193 e. The predicted molar refractivity (Wildman–Crippen MR) is 337 cm³/mol. The van der Waals surface area contributed by atoms with Crippen molar-refractivity contribution in [3.63, 3.8) is 0 Å². The Labute approximate surface area is 476 Å². The molecule has 0 atom stereocenters. The molecule has 0 aliphatic carbocycles. The summed E-state index contributed by atoms with van der Waals surface area (Å²) in [6, 6.07) is 69.6. The number of rotatable bonds is 14. The average molecular weight is 1170 g/mol. The maximum Gasteiger partial charge on any atom is 0.193 e. The molecule has 1 aliphatic rings. The van der Waals surface area contributed by atoms with Gasteiger partial charge in [0.2, 0.25) is 0 Å². The fourth-order valence-corrected chi connectivity index (χ4v) is 12.9. The van der Waals surface area contributed by atoms with Crippen molar-refractivity contribution in [1.82, 2.24) is 15.0 Å². The molecule has 10 aromatic rings. The van der Waals surface area contributed by atoms with Gasteiger partial charge in [0.1, 0.15) is 16.7 Å². The van der Waals surface area contributed by atoms with Crippen molar-refractivity contribution in [2.24, 2.45) is 9.06 Å². The molecule has 9 nitrogen and oxygen atoms in total. The van der Waals surface area contributed by atoms with E-state index in [1.807, 2.05) is 114 Å². The third-order valence-corrected chi connectivity index (χ3v) is 17.1. The number of fused-ring (bicyclic) bond motifs is 2. The van der Waals surface area contributed by atoms with E-state index in [2.05, 4.69) is 167 Å². The predicted octanol–water partition coefficient (Wildman–Crippen LogP) is 19.2. The van der Waals surface area contributed by atoms with E-state index >= 15 is 0 Å². The highest BCUT2D eigenvalue weighted by Gasteiger charge is 2.28. The molecule has 1 aliphatic heterocycles. The third-order valence-electron chi connectivity index (χ3n) is 14.3. The van der Waals surface area contributed by atoms with Crippen LogP contribution >= 0.6 is 28.8 Å². The van der Waals surface area contributed by atoms with Gasteiger partial charge in [0.05, 0.1) is 31.9 Å². The SMILES string of the molecule is CC(C)Cn1nc2c(-c3ccc(N(c4ccccc4)c4ccc(C(=O)c5ccc(C(C)(C)C)cc5)cc4)cc3)c3c(c(-c4ccc(N(c5ccccc5)c5ccc(C(=O)c6ccc(C(C)(C)C)cc6)cc5)cc4)c2n1)NSI=N3. The summed E-state index contributed by atoms with van der Waals surface area (Å²) in [7, 11) is 1.66.